The highest BCUT2D eigenvalue weighted by Crippen LogP contribution is 2.28. The van der Waals surface area contributed by atoms with Crippen molar-refractivity contribution in [1.29, 1.82) is 0 Å². The predicted molar refractivity (Wildman–Crippen MR) is 93.3 cm³/mol. The number of piperazine rings is 1. The first-order valence-electron chi connectivity index (χ1n) is 8.10. The smallest absolute Gasteiger partial charge is 0.276 e. The van der Waals surface area contributed by atoms with E-state index >= 15 is 0 Å². The maximum atomic E-state index is 13.0. The number of rotatable bonds is 2. The minimum atomic E-state index is -0.179. The molecule has 0 bridgehead atoms. The van der Waals surface area contributed by atoms with Crippen LogP contribution in [-0.2, 0) is 5.41 Å². The number of hydrogen-bond acceptors (Lipinski definition) is 4. The third-order valence-corrected chi connectivity index (χ3v) is 4.44. The van der Waals surface area contributed by atoms with Gasteiger partial charge in [0.1, 0.15) is 5.76 Å². The second-order valence-corrected chi connectivity index (χ2v) is 7.54. The fourth-order valence-electron chi connectivity index (χ4n) is 2.84. The Morgan fingerprint density at radius 1 is 1.38 bits per heavy atom. The van der Waals surface area contributed by atoms with Gasteiger partial charge in [-0.1, -0.05) is 49.7 Å². The average molecular weight is 348 g/mol. The Labute approximate surface area is 147 Å². The molecule has 0 aliphatic carbocycles. The first kappa shape index (κ1) is 17.0. The van der Waals surface area contributed by atoms with Crippen molar-refractivity contribution in [3.8, 4) is 0 Å². The van der Waals surface area contributed by atoms with Crippen LogP contribution in [0.25, 0.3) is 0 Å². The second kappa shape index (κ2) is 6.57. The largest absolute Gasteiger partial charge is 0.360 e. The van der Waals surface area contributed by atoms with Crippen LogP contribution in [0.4, 0.5) is 0 Å². The van der Waals surface area contributed by atoms with E-state index in [1.165, 1.54) is 0 Å². The van der Waals surface area contributed by atoms with Gasteiger partial charge in [-0.3, -0.25) is 4.79 Å². The average Bonchev–Trinajstić information content (AvgIpc) is 3.04. The summed E-state index contributed by atoms with van der Waals surface area (Å²) in [4.78, 5) is 14.8. The number of aromatic nitrogens is 1. The summed E-state index contributed by atoms with van der Waals surface area (Å²) in [5.74, 6) is 0.598. The molecule has 1 aliphatic heterocycles. The standard InChI is InChI=1S/C18H22ClN3O2/c1-18(2,3)16-10-14(21-24-16)17(23)22-8-7-20-11-15(22)12-5-4-6-13(19)9-12/h4-6,9-10,15,20H,7-8,11H2,1-3H3. The molecule has 1 unspecified atom stereocenters. The molecule has 1 aliphatic rings. The van der Waals surface area contributed by atoms with E-state index in [0.717, 1.165) is 12.1 Å². The lowest BCUT2D eigenvalue weighted by Crippen LogP contribution is -2.48. The summed E-state index contributed by atoms with van der Waals surface area (Å²) in [5, 5.41) is 8.00. The molecule has 1 N–H and O–H groups in total. The summed E-state index contributed by atoms with van der Waals surface area (Å²) in [6.07, 6.45) is 0. The minimum Gasteiger partial charge on any atom is -0.360 e. The fraction of sp³-hybridized carbons (Fsp3) is 0.444. The molecule has 1 aromatic carbocycles. The SMILES string of the molecule is CC(C)(C)c1cc(C(=O)N2CCNCC2c2cccc(Cl)c2)no1. The Morgan fingerprint density at radius 2 is 2.17 bits per heavy atom. The maximum absolute atomic E-state index is 13.0. The van der Waals surface area contributed by atoms with Crippen molar-refractivity contribution in [2.24, 2.45) is 0 Å². The zero-order valence-corrected chi connectivity index (χ0v) is 14.9. The summed E-state index contributed by atoms with van der Waals surface area (Å²) in [5.41, 5.74) is 1.19. The third kappa shape index (κ3) is 3.47. The molecule has 2 aromatic rings. The van der Waals surface area contributed by atoms with Crippen LogP contribution in [0, 0.1) is 0 Å². The summed E-state index contributed by atoms with van der Waals surface area (Å²) in [7, 11) is 0. The Kier molecular flexibility index (Phi) is 4.65. The fourth-order valence-corrected chi connectivity index (χ4v) is 3.03. The molecule has 2 heterocycles. The Hall–Kier alpha value is -1.85. The van der Waals surface area contributed by atoms with Crippen LogP contribution in [-0.4, -0.2) is 35.6 Å². The third-order valence-electron chi connectivity index (χ3n) is 4.21. The first-order chi connectivity index (χ1) is 11.4. The predicted octanol–water partition coefficient (Wildman–Crippen LogP) is 3.41. The number of carbonyl (C=O) groups excluding carboxylic acids is 1. The number of hydrogen-bond donors (Lipinski definition) is 1. The van der Waals surface area contributed by atoms with Gasteiger partial charge in [-0.25, -0.2) is 0 Å². The minimum absolute atomic E-state index is 0.0697. The van der Waals surface area contributed by atoms with Gasteiger partial charge in [0.15, 0.2) is 5.69 Å². The second-order valence-electron chi connectivity index (χ2n) is 7.10. The number of nitrogens with one attached hydrogen (secondary N) is 1. The molecular weight excluding hydrogens is 326 g/mol. The van der Waals surface area contributed by atoms with Crippen LogP contribution in [0.5, 0.6) is 0 Å². The Morgan fingerprint density at radius 3 is 2.83 bits per heavy atom. The van der Waals surface area contributed by atoms with E-state index in [9.17, 15) is 4.79 Å². The Balaban J connectivity index is 1.87. The van der Waals surface area contributed by atoms with Crippen LogP contribution in [0.2, 0.25) is 5.02 Å². The van der Waals surface area contributed by atoms with Crippen molar-refractivity contribution in [2.75, 3.05) is 19.6 Å². The van der Waals surface area contributed by atoms with E-state index in [-0.39, 0.29) is 17.4 Å². The van der Waals surface area contributed by atoms with Crippen molar-refractivity contribution in [2.45, 2.75) is 32.2 Å². The molecule has 1 fully saturated rings. The molecule has 1 atom stereocenters. The molecule has 128 valence electrons. The van der Waals surface area contributed by atoms with Crippen LogP contribution >= 0.6 is 11.6 Å². The van der Waals surface area contributed by atoms with Crippen molar-refractivity contribution < 1.29 is 9.32 Å². The van der Waals surface area contributed by atoms with Crippen molar-refractivity contribution in [1.82, 2.24) is 15.4 Å². The number of halogens is 1. The van der Waals surface area contributed by atoms with Gasteiger partial charge < -0.3 is 14.7 Å². The van der Waals surface area contributed by atoms with Gasteiger partial charge in [-0.2, -0.15) is 0 Å². The molecule has 1 amide bonds. The number of nitrogens with zero attached hydrogens (tertiary/aromatic N) is 2. The van der Waals surface area contributed by atoms with E-state index in [1.54, 1.807) is 6.07 Å². The summed E-state index contributed by atoms with van der Waals surface area (Å²) in [6.45, 7) is 8.15. The van der Waals surface area contributed by atoms with Gasteiger partial charge in [0.2, 0.25) is 0 Å². The van der Waals surface area contributed by atoms with Crippen molar-refractivity contribution >= 4 is 17.5 Å². The van der Waals surface area contributed by atoms with Gasteiger partial charge in [0.25, 0.3) is 5.91 Å². The molecule has 3 rings (SSSR count). The van der Waals surface area contributed by atoms with E-state index in [2.05, 4.69) is 10.5 Å². The van der Waals surface area contributed by atoms with Crippen LogP contribution in [0.3, 0.4) is 0 Å². The zero-order valence-electron chi connectivity index (χ0n) is 14.2. The van der Waals surface area contributed by atoms with Gasteiger partial charge in [0.05, 0.1) is 6.04 Å². The molecule has 0 saturated carbocycles. The summed E-state index contributed by atoms with van der Waals surface area (Å²) < 4.78 is 5.37. The Bertz CT molecular complexity index is 736. The van der Waals surface area contributed by atoms with Gasteiger partial charge in [-0.15, -0.1) is 0 Å². The molecule has 6 heteroatoms. The maximum Gasteiger partial charge on any atom is 0.276 e. The van der Waals surface area contributed by atoms with Crippen LogP contribution in [0.1, 0.15) is 48.6 Å². The van der Waals surface area contributed by atoms with Crippen LogP contribution in [0.15, 0.2) is 34.9 Å². The lowest BCUT2D eigenvalue weighted by Gasteiger charge is -2.36. The molecule has 1 saturated heterocycles. The normalized spacial score (nSPS) is 18.7. The van der Waals surface area contributed by atoms with E-state index in [0.29, 0.717) is 29.6 Å². The quantitative estimate of drug-likeness (QED) is 0.904. The van der Waals surface area contributed by atoms with Crippen LogP contribution < -0.4 is 5.32 Å². The van der Waals surface area contributed by atoms with E-state index in [4.69, 9.17) is 16.1 Å². The summed E-state index contributed by atoms with van der Waals surface area (Å²) in [6, 6.07) is 9.32. The molecule has 0 radical (unpaired) electrons. The number of carbonyl (C=O) groups is 1. The molecule has 24 heavy (non-hydrogen) atoms. The van der Waals surface area contributed by atoms with Crippen molar-refractivity contribution in [3.63, 3.8) is 0 Å². The van der Waals surface area contributed by atoms with Gasteiger partial charge >= 0.3 is 0 Å². The van der Waals surface area contributed by atoms with Gasteiger partial charge in [0, 0.05) is 36.1 Å². The van der Waals surface area contributed by atoms with Crippen molar-refractivity contribution in [3.05, 3.63) is 52.4 Å². The molecule has 1 aromatic heterocycles. The highest BCUT2D eigenvalue weighted by molar-refractivity contribution is 6.30. The lowest BCUT2D eigenvalue weighted by molar-refractivity contribution is 0.0623. The topological polar surface area (TPSA) is 58.4 Å². The number of benzene rings is 1. The van der Waals surface area contributed by atoms with Gasteiger partial charge in [-0.05, 0) is 17.7 Å². The lowest BCUT2D eigenvalue weighted by atomic mass is 9.93. The highest BCUT2D eigenvalue weighted by Gasteiger charge is 2.31. The van der Waals surface area contributed by atoms with E-state index in [1.807, 2.05) is 49.9 Å². The highest BCUT2D eigenvalue weighted by atomic mass is 35.5. The first-order valence-corrected chi connectivity index (χ1v) is 8.48. The van der Waals surface area contributed by atoms with E-state index < -0.39 is 0 Å². The monoisotopic (exact) mass is 347 g/mol. The molecular formula is C18H22ClN3O2. The summed E-state index contributed by atoms with van der Waals surface area (Å²) >= 11 is 6.11. The molecule has 0 spiro atoms. The molecule has 5 nitrogen and oxygen atoms in total. The zero-order chi connectivity index (χ0) is 17.3. The number of amides is 1.